The summed E-state index contributed by atoms with van der Waals surface area (Å²) < 4.78 is 6.80. The van der Waals surface area contributed by atoms with E-state index in [1.807, 2.05) is 42.2 Å². The van der Waals surface area contributed by atoms with Gasteiger partial charge in [-0.1, -0.05) is 18.2 Å². The summed E-state index contributed by atoms with van der Waals surface area (Å²) >= 11 is 0. The number of rotatable bonds is 4. The minimum absolute atomic E-state index is 0.0873. The van der Waals surface area contributed by atoms with E-state index in [2.05, 4.69) is 10.1 Å². The Morgan fingerprint density at radius 1 is 1.33 bits per heavy atom. The number of aromatic amines is 1. The number of hydrogen-bond acceptors (Lipinski definition) is 4. The molecule has 3 aromatic rings. The molecular formula is C20H22N4O3. The average molecular weight is 366 g/mol. The fourth-order valence-electron chi connectivity index (χ4n) is 3.70. The van der Waals surface area contributed by atoms with Gasteiger partial charge in [0.15, 0.2) is 5.65 Å². The number of fused-ring (bicyclic) bond motifs is 1. The highest BCUT2D eigenvalue weighted by Crippen LogP contribution is 2.28. The van der Waals surface area contributed by atoms with Gasteiger partial charge in [-0.05, 0) is 19.4 Å². The minimum Gasteiger partial charge on any atom is -0.496 e. The van der Waals surface area contributed by atoms with Crippen molar-refractivity contribution < 1.29 is 9.53 Å². The van der Waals surface area contributed by atoms with Crippen molar-refractivity contribution >= 4 is 11.6 Å². The number of hydrogen-bond donors (Lipinski definition) is 1. The number of H-pyrrole nitrogens is 1. The van der Waals surface area contributed by atoms with Gasteiger partial charge in [0.05, 0.1) is 13.5 Å². The van der Waals surface area contributed by atoms with Gasteiger partial charge in [0.2, 0.25) is 5.91 Å². The van der Waals surface area contributed by atoms with Gasteiger partial charge in [-0.15, -0.1) is 0 Å². The van der Waals surface area contributed by atoms with Crippen LogP contribution in [0.2, 0.25) is 0 Å². The normalized spacial score (nSPS) is 16.8. The number of aromatic nitrogens is 3. The first-order valence-corrected chi connectivity index (χ1v) is 9.04. The molecule has 1 amide bonds. The maximum atomic E-state index is 12.7. The van der Waals surface area contributed by atoms with E-state index in [1.54, 1.807) is 7.11 Å². The molecule has 0 spiro atoms. The molecule has 1 aromatic carbocycles. The molecule has 1 fully saturated rings. The van der Waals surface area contributed by atoms with Gasteiger partial charge in [-0.2, -0.15) is 0 Å². The van der Waals surface area contributed by atoms with E-state index >= 15 is 0 Å². The molecule has 1 aliphatic heterocycles. The van der Waals surface area contributed by atoms with Gasteiger partial charge in [0.25, 0.3) is 5.56 Å². The first-order valence-electron chi connectivity index (χ1n) is 9.04. The summed E-state index contributed by atoms with van der Waals surface area (Å²) in [5.74, 6) is 0.996. The zero-order chi connectivity index (χ0) is 19.0. The molecule has 27 heavy (non-hydrogen) atoms. The van der Waals surface area contributed by atoms with Gasteiger partial charge in [-0.3, -0.25) is 14.7 Å². The summed E-state index contributed by atoms with van der Waals surface area (Å²) in [4.78, 5) is 31.1. The summed E-state index contributed by atoms with van der Waals surface area (Å²) in [6.45, 7) is 3.14. The largest absolute Gasteiger partial charge is 0.496 e. The SMILES string of the molecule is COc1ccccc1CC(=O)N1CC[C@@H](c2cc3nc(C)cc(=O)n3[nH]2)C1. The van der Waals surface area contributed by atoms with Crippen LogP contribution in [0.5, 0.6) is 5.75 Å². The molecule has 0 bridgehead atoms. The third-order valence-corrected chi connectivity index (χ3v) is 5.11. The van der Waals surface area contributed by atoms with E-state index in [0.29, 0.717) is 30.9 Å². The molecule has 1 atom stereocenters. The minimum atomic E-state index is -0.120. The standard InChI is InChI=1S/C20H22N4O3/c1-13-9-20(26)24-18(21-13)11-16(22-24)15-7-8-23(12-15)19(25)10-14-5-3-4-6-17(14)27-2/h3-6,9,11,15,22H,7-8,10,12H2,1-2H3/t15-/m1/s1. The lowest BCUT2D eigenvalue weighted by atomic mass is 10.1. The molecule has 0 radical (unpaired) electrons. The van der Waals surface area contributed by atoms with Crippen molar-refractivity contribution in [2.45, 2.75) is 25.7 Å². The highest BCUT2D eigenvalue weighted by Gasteiger charge is 2.29. The Morgan fingerprint density at radius 3 is 2.96 bits per heavy atom. The number of amides is 1. The zero-order valence-corrected chi connectivity index (χ0v) is 15.4. The summed E-state index contributed by atoms with van der Waals surface area (Å²) in [5.41, 5.74) is 3.04. The number of carbonyl (C=O) groups is 1. The Balaban J connectivity index is 1.49. The molecule has 0 saturated carbocycles. The Hall–Kier alpha value is -3.09. The van der Waals surface area contributed by atoms with Crippen LogP contribution in [0.25, 0.3) is 5.65 Å². The van der Waals surface area contributed by atoms with Crippen LogP contribution in [0.1, 0.15) is 29.3 Å². The number of benzene rings is 1. The molecule has 1 saturated heterocycles. The molecule has 1 aliphatic rings. The van der Waals surface area contributed by atoms with Crippen molar-refractivity contribution in [3.05, 3.63) is 63.7 Å². The molecule has 4 rings (SSSR count). The van der Waals surface area contributed by atoms with Gasteiger partial charge < -0.3 is 9.64 Å². The maximum Gasteiger partial charge on any atom is 0.272 e. The molecule has 3 heterocycles. The van der Waals surface area contributed by atoms with Crippen LogP contribution in [0.3, 0.4) is 0 Å². The van der Waals surface area contributed by atoms with Crippen molar-refractivity contribution in [1.82, 2.24) is 19.5 Å². The number of likely N-dealkylation sites (tertiary alicyclic amines) is 1. The number of carbonyl (C=O) groups excluding carboxylic acids is 1. The Morgan fingerprint density at radius 2 is 2.15 bits per heavy atom. The molecule has 7 heteroatoms. The number of nitrogens with zero attached hydrogens (tertiary/aromatic N) is 3. The van der Waals surface area contributed by atoms with Crippen molar-refractivity contribution in [1.29, 1.82) is 0 Å². The molecular weight excluding hydrogens is 344 g/mol. The van der Waals surface area contributed by atoms with E-state index in [0.717, 1.165) is 23.4 Å². The Labute approximate surface area is 156 Å². The van der Waals surface area contributed by atoms with Crippen molar-refractivity contribution in [2.24, 2.45) is 0 Å². The lowest BCUT2D eigenvalue weighted by Crippen LogP contribution is -2.30. The number of nitrogens with one attached hydrogen (secondary N) is 1. The quantitative estimate of drug-likeness (QED) is 0.765. The van der Waals surface area contributed by atoms with E-state index in [4.69, 9.17) is 4.74 Å². The fraction of sp³-hybridized carbons (Fsp3) is 0.350. The van der Waals surface area contributed by atoms with Gasteiger partial charge >= 0.3 is 0 Å². The van der Waals surface area contributed by atoms with Crippen molar-refractivity contribution in [3.63, 3.8) is 0 Å². The van der Waals surface area contributed by atoms with Crippen LogP contribution in [0, 0.1) is 6.92 Å². The second-order valence-electron chi connectivity index (χ2n) is 6.95. The molecule has 0 unspecified atom stereocenters. The highest BCUT2D eigenvalue weighted by molar-refractivity contribution is 5.80. The van der Waals surface area contributed by atoms with Gasteiger partial charge in [-0.25, -0.2) is 9.50 Å². The topological polar surface area (TPSA) is 79.7 Å². The van der Waals surface area contributed by atoms with E-state index in [9.17, 15) is 9.59 Å². The molecule has 1 N–H and O–H groups in total. The number of para-hydroxylation sites is 1. The van der Waals surface area contributed by atoms with Crippen LogP contribution in [-0.4, -0.2) is 45.6 Å². The lowest BCUT2D eigenvalue weighted by molar-refractivity contribution is -0.129. The zero-order valence-electron chi connectivity index (χ0n) is 15.4. The summed E-state index contributed by atoms with van der Waals surface area (Å²) in [6, 6.07) is 11.0. The van der Waals surface area contributed by atoms with Crippen LogP contribution in [-0.2, 0) is 11.2 Å². The summed E-state index contributed by atoms with van der Waals surface area (Å²) in [7, 11) is 1.61. The predicted molar refractivity (Wildman–Crippen MR) is 101 cm³/mol. The predicted octanol–water partition coefficient (Wildman–Crippen LogP) is 1.90. The molecule has 2 aromatic heterocycles. The summed E-state index contributed by atoms with van der Waals surface area (Å²) in [6.07, 6.45) is 1.18. The third kappa shape index (κ3) is 3.32. The van der Waals surface area contributed by atoms with Gasteiger partial charge in [0, 0.05) is 48.1 Å². The molecule has 140 valence electrons. The fourth-order valence-corrected chi connectivity index (χ4v) is 3.70. The van der Waals surface area contributed by atoms with Crippen molar-refractivity contribution in [3.8, 4) is 5.75 Å². The van der Waals surface area contributed by atoms with Crippen LogP contribution in [0.4, 0.5) is 0 Å². The first kappa shape index (κ1) is 17.3. The van der Waals surface area contributed by atoms with Crippen LogP contribution >= 0.6 is 0 Å². The molecule has 0 aliphatic carbocycles. The van der Waals surface area contributed by atoms with E-state index in [1.165, 1.54) is 10.6 Å². The summed E-state index contributed by atoms with van der Waals surface area (Å²) in [5, 5.41) is 3.14. The second-order valence-corrected chi connectivity index (χ2v) is 6.95. The van der Waals surface area contributed by atoms with Crippen molar-refractivity contribution in [2.75, 3.05) is 20.2 Å². The van der Waals surface area contributed by atoms with Gasteiger partial charge in [0.1, 0.15) is 5.75 Å². The second kappa shape index (κ2) is 6.90. The van der Waals surface area contributed by atoms with E-state index < -0.39 is 0 Å². The maximum absolute atomic E-state index is 12.7. The lowest BCUT2D eigenvalue weighted by Gasteiger charge is -2.17. The number of aryl methyl sites for hydroxylation is 1. The Bertz CT molecular complexity index is 1050. The number of ether oxygens (including phenoxy) is 1. The monoisotopic (exact) mass is 366 g/mol. The van der Waals surface area contributed by atoms with Crippen LogP contribution in [0.15, 0.2) is 41.2 Å². The smallest absolute Gasteiger partial charge is 0.272 e. The number of methoxy groups -OCH3 is 1. The molecule has 7 nitrogen and oxygen atoms in total. The van der Waals surface area contributed by atoms with Crippen LogP contribution < -0.4 is 10.3 Å². The first-order chi connectivity index (χ1) is 13.0. The Kier molecular flexibility index (Phi) is 4.43. The third-order valence-electron chi connectivity index (χ3n) is 5.11. The van der Waals surface area contributed by atoms with E-state index in [-0.39, 0.29) is 17.4 Å². The average Bonchev–Trinajstić information content (AvgIpc) is 3.29. The highest BCUT2D eigenvalue weighted by atomic mass is 16.5.